The summed E-state index contributed by atoms with van der Waals surface area (Å²) >= 11 is 1.63. The Balaban J connectivity index is 1.89. The minimum absolute atomic E-state index is 0.00603. The number of carboxylic acids is 1. The molecule has 1 atom stereocenters. The number of amides is 2. The van der Waals surface area contributed by atoms with Crippen LogP contribution in [0.3, 0.4) is 0 Å². The summed E-state index contributed by atoms with van der Waals surface area (Å²) in [6.45, 7) is 1.89. The Morgan fingerprint density at radius 1 is 1.55 bits per heavy atom. The van der Waals surface area contributed by atoms with E-state index in [2.05, 4.69) is 0 Å². The van der Waals surface area contributed by atoms with Crippen LogP contribution in [0.2, 0.25) is 0 Å². The van der Waals surface area contributed by atoms with Crippen LogP contribution in [0.15, 0.2) is 17.5 Å². The number of hydrogen-bond acceptors (Lipinski definition) is 3. The Kier molecular flexibility index (Phi) is 5.00. The first-order chi connectivity index (χ1) is 9.56. The Labute approximate surface area is 122 Å². The van der Waals surface area contributed by atoms with Crippen molar-refractivity contribution in [2.75, 3.05) is 20.1 Å². The number of carbonyl (C=O) groups is 2. The number of urea groups is 1. The van der Waals surface area contributed by atoms with E-state index in [0.29, 0.717) is 13.1 Å². The van der Waals surface area contributed by atoms with Gasteiger partial charge in [-0.25, -0.2) is 4.79 Å². The predicted octanol–water partition coefficient (Wildman–Crippen LogP) is 2.49. The Bertz CT molecular complexity index is 461. The molecule has 110 valence electrons. The quantitative estimate of drug-likeness (QED) is 0.928. The first-order valence-corrected chi connectivity index (χ1v) is 7.68. The highest BCUT2D eigenvalue weighted by atomic mass is 32.1. The van der Waals surface area contributed by atoms with Crippen LogP contribution in [-0.4, -0.2) is 47.0 Å². The smallest absolute Gasteiger partial charge is 0.320 e. The molecule has 0 radical (unpaired) electrons. The molecule has 1 aromatic heterocycles. The van der Waals surface area contributed by atoms with Gasteiger partial charge in [0.2, 0.25) is 0 Å². The highest BCUT2D eigenvalue weighted by Gasteiger charge is 2.27. The van der Waals surface area contributed by atoms with Crippen LogP contribution in [0.4, 0.5) is 4.79 Å². The molecule has 1 aliphatic rings. The third kappa shape index (κ3) is 3.96. The number of carboxylic acid groups (broad SMARTS) is 1. The van der Waals surface area contributed by atoms with Crippen molar-refractivity contribution in [1.29, 1.82) is 0 Å². The van der Waals surface area contributed by atoms with E-state index in [1.807, 2.05) is 17.5 Å². The van der Waals surface area contributed by atoms with E-state index in [-0.39, 0.29) is 18.4 Å². The highest BCUT2D eigenvalue weighted by Crippen LogP contribution is 2.21. The van der Waals surface area contributed by atoms with Crippen molar-refractivity contribution in [2.45, 2.75) is 25.8 Å². The number of thiophene rings is 1. The van der Waals surface area contributed by atoms with Gasteiger partial charge in [-0.1, -0.05) is 6.07 Å². The number of nitrogens with zero attached hydrogens (tertiary/aromatic N) is 2. The maximum absolute atomic E-state index is 12.4. The zero-order chi connectivity index (χ0) is 14.5. The Hall–Kier alpha value is -1.56. The molecular weight excluding hydrogens is 276 g/mol. The van der Waals surface area contributed by atoms with Crippen molar-refractivity contribution in [3.05, 3.63) is 22.4 Å². The van der Waals surface area contributed by atoms with E-state index < -0.39 is 5.97 Å². The molecule has 1 aromatic rings. The van der Waals surface area contributed by atoms with Gasteiger partial charge in [0.15, 0.2) is 0 Å². The van der Waals surface area contributed by atoms with Crippen LogP contribution in [0.1, 0.15) is 24.1 Å². The zero-order valence-corrected chi connectivity index (χ0v) is 12.4. The van der Waals surface area contributed by atoms with Gasteiger partial charge < -0.3 is 14.9 Å². The minimum Gasteiger partial charge on any atom is -0.481 e. The van der Waals surface area contributed by atoms with Gasteiger partial charge in [0.1, 0.15) is 0 Å². The van der Waals surface area contributed by atoms with Crippen molar-refractivity contribution in [2.24, 2.45) is 5.92 Å². The van der Waals surface area contributed by atoms with Crippen LogP contribution < -0.4 is 0 Å². The van der Waals surface area contributed by atoms with E-state index in [1.165, 1.54) is 0 Å². The van der Waals surface area contributed by atoms with E-state index in [4.69, 9.17) is 5.11 Å². The lowest BCUT2D eigenvalue weighted by Crippen LogP contribution is -2.46. The van der Waals surface area contributed by atoms with Crippen molar-refractivity contribution < 1.29 is 14.7 Å². The molecule has 1 aliphatic heterocycles. The van der Waals surface area contributed by atoms with Crippen molar-refractivity contribution >= 4 is 23.3 Å². The van der Waals surface area contributed by atoms with Crippen LogP contribution in [0.25, 0.3) is 0 Å². The molecule has 1 saturated heterocycles. The first kappa shape index (κ1) is 14.8. The van der Waals surface area contributed by atoms with Crippen molar-refractivity contribution in [3.63, 3.8) is 0 Å². The maximum Gasteiger partial charge on any atom is 0.320 e. The van der Waals surface area contributed by atoms with Gasteiger partial charge in [-0.15, -0.1) is 11.3 Å². The van der Waals surface area contributed by atoms with Crippen molar-refractivity contribution in [3.8, 4) is 0 Å². The van der Waals surface area contributed by atoms with Gasteiger partial charge in [-0.2, -0.15) is 0 Å². The summed E-state index contributed by atoms with van der Waals surface area (Å²) in [5.74, 6) is -0.698. The Morgan fingerprint density at radius 3 is 3.00 bits per heavy atom. The largest absolute Gasteiger partial charge is 0.481 e. The van der Waals surface area contributed by atoms with E-state index >= 15 is 0 Å². The predicted molar refractivity (Wildman–Crippen MR) is 77.7 cm³/mol. The molecule has 0 spiro atoms. The number of aliphatic carboxylic acids is 1. The molecular formula is C14H20N2O3S. The van der Waals surface area contributed by atoms with Crippen LogP contribution in [0.5, 0.6) is 0 Å². The standard InChI is InChI=1S/C14H20N2O3S/c1-15(10-12-5-3-7-20-12)14(19)16-6-2-4-11(9-16)8-13(17)18/h3,5,7,11H,2,4,6,8-10H2,1H3,(H,17,18). The first-order valence-electron chi connectivity index (χ1n) is 6.80. The molecule has 2 amide bonds. The summed E-state index contributed by atoms with van der Waals surface area (Å²) in [5.41, 5.74) is 0. The fourth-order valence-corrected chi connectivity index (χ4v) is 3.35. The average molecular weight is 296 g/mol. The monoisotopic (exact) mass is 296 g/mol. The second-order valence-corrected chi connectivity index (χ2v) is 6.30. The molecule has 6 heteroatoms. The summed E-state index contributed by atoms with van der Waals surface area (Å²) in [7, 11) is 1.79. The Morgan fingerprint density at radius 2 is 2.35 bits per heavy atom. The van der Waals surface area contributed by atoms with Crippen LogP contribution in [0, 0.1) is 5.92 Å². The lowest BCUT2D eigenvalue weighted by Gasteiger charge is -2.34. The van der Waals surface area contributed by atoms with Crippen LogP contribution >= 0.6 is 11.3 Å². The second kappa shape index (κ2) is 6.74. The normalized spacial score (nSPS) is 18.9. The topological polar surface area (TPSA) is 60.9 Å². The third-order valence-electron chi connectivity index (χ3n) is 3.55. The summed E-state index contributed by atoms with van der Waals surface area (Å²) in [6.07, 6.45) is 1.93. The number of piperidine rings is 1. The molecule has 0 saturated carbocycles. The molecule has 0 aromatic carbocycles. The van der Waals surface area contributed by atoms with Gasteiger partial charge in [-0.05, 0) is 30.2 Å². The SMILES string of the molecule is CN(Cc1cccs1)C(=O)N1CCCC(CC(=O)O)C1. The van der Waals surface area contributed by atoms with Gasteiger partial charge >= 0.3 is 12.0 Å². The number of hydrogen-bond donors (Lipinski definition) is 1. The fourth-order valence-electron chi connectivity index (χ4n) is 2.60. The maximum atomic E-state index is 12.4. The summed E-state index contributed by atoms with van der Waals surface area (Å²) in [4.78, 5) is 27.8. The van der Waals surface area contributed by atoms with Crippen molar-refractivity contribution in [1.82, 2.24) is 9.80 Å². The van der Waals surface area contributed by atoms with E-state index in [1.54, 1.807) is 28.2 Å². The van der Waals surface area contributed by atoms with Gasteiger partial charge in [0, 0.05) is 31.4 Å². The van der Waals surface area contributed by atoms with E-state index in [0.717, 1.165) is 24.3 Å². The number of likely N-dealkylation sites (tertiary alicyclic amines) is 1. The molecule has 2 rings (SSSR count). The third-order valence-corrected chi connectivity index (χ3v) is 4.41. The minimum atomic E-state index is -0.781. The zero-order valence-electron chi connectivity index (χ0n) is 11.6. The van der Waals surface area contributed by atoms with Gasteiger partial charge in [0.25, 0.3) is 0 Å². The molecule has 5 nitrogen and oxygen atoms in total. The number of carbonyl (C=O) groups excluding carboxylic acids is 1. The summed E-state index contributed by atoms with van der Waals surface area (Å²) in [5, 5.41) is 10.9. The molecule has 1 unspecified atom stereocenters. The molecule has 2 heterocycles. The van der Waals surface area contributed by atoms with Crippen LogP contribution in [-0.2, 0) is 11.3 Å². The average Bonchev–Trinajstić information content (AvgIpc) is 2.90. The van der Waals surface area contributed by atoms with E-state index in [9.17, 15) is 9.59 Å². The molecule has 1 N–H and O–H groups in total. The molecule has 0 aliphatic carbocycles. The molecule has 1 fully saturated rings. The van der Waals surface area contributed by atoms with Gasteiger partial charge in [0.05, 0.1) is 6.54 Å². The fraction of sp³-hybridized carbons (Fsp3) is 0.571. The lowest BCUT2D eigenvalue weighted by atomic mass is 9.95. The number of rotatable bonds is 4. The summed E-state index contributed by atoms with van der Waals surface area (Å²) in [6, 6.07) is 3.98. The highest BCUT2D eigenvalue weighted by molar-refractivity contribution is 7.09. The van der Waals surface area contributed by atoms with Gasteiger partial charge in [-0.3, -0.25) is 4.79 Å². The summed E-state index contributed by atoms with van der Waals surface area (Å²) < 4.78 is 0. The second-order valence-electron chi connectivity index (χ2n) is 5.27. The molecule has 20 heavy (non-hydrogen) atoms. The molecule has 0 bridgehead atoms. The lowest BCUT2D eigenvalue weighted by molar-refractivity contribution is -0.138.